The summed E-state index contributed by atoms with van der Waals surface area (Å²) < 4.78 is 78.2. The number of carbonyl (C=O) groups excluding carboxylic acids is 3. The first-order chi connectivity index (χ1) is 28.9. The van der Waals surface area contributed by atoms with Gasteiger partial charge in [-0.2, -0.15) is 0 Å². The van der Waals surface area contributed by atoms with Crippen LogP contribution in [0.3, 0.4) is 0 Å². The molecule has 2 aliphatic heterocycles. The quantitative estimate of drug-likeness (QED) is 0.0980. The van der Waals surface area contributed by atoms with Gasteiger partial charge >= 0.3 is 17.9 Å². The van der Waals surface area contributed by atoms with Crippen molar-refractivity contribution < 1.29 is 76.0 Å². The van der Waals surface area contributed by atoms with Crippen molar-refractivity contribution in [1.82, 2.24) is 0 Å². The molecule has 4 aromatic rings. The standard InChI is InChI=1S/C44H48O16/c1-21(45)56-38-28-15-13-26(49-5)19-31(28)60-39(44(38)58-23(3)47)29-20-34(52-8)41(54-10)42(55-11)36(29)35-27-14-12-25(48-4)18-30(27)59-37(43(35)57-22(2)46)24-16-32(50-6)40(53-9)33(17-24)51-7/h12-20,35,37-39,43-44H,1-11H3. The molecule has 6 unspecified atom stereocenters. The summed E-state index contributed by atoms with van der Waals surface area (Å²) in [5.41, 5.74) is 2.14. The molecule has 0 fully saturated rings. The fourth-order valence-electron chi connectivity index (χ4n) is 7.86. The van der Waals surface area contributed by atoms with E-state index in [0.717, 1.165) is 0 Å². The highest BCUT2D eigenvalue weighted by atomic mass is 16.6. The Morgan fingerprint density at radius 1 is 0.467 bits per heavy atom. The van der Waals surface area contributed by atoms with Gasteiger partial charge < -0.3 is 61.6 Å². The molecule has 2 aliphatic rings. The molecule has 0 saturated carbocycles. The van der Waals surface area contributed by atoms with E-state index < -0.39 is 54.3 Å². The average Bonchev–Trinajstić information content (AvgIpc) is 3.24. The molecule has 320 valence electrons. The zero-order chi connectivity index (χ0) is 43.4. The van der Waals surface area contributed by atoms with Crippen LogP contribution in [-0.4, -0.2) is 87.0 Å². The van der Waals surface area contributed by atoms with Crippen molar-refractivity contribution in [3.05, 3.63) is 82.4 Å². The summed E-state index contributed by atoms with van der Waals surface area (Å²) >= 11 is 0. The maximum absolute atomic E-state index is 13.3. The molecular weight excluding hydrogens is 784 g/mol. The summed E-state index contributed by atoms with van der Waals surface area (Å²) in [5.74, 6) is 0.155. The number of esters is 3. The van der Waals surface area contributed by atoms with E-state index in [1.165, 1.54) is 77.6 Å². The number of methoxy groups -OCH3 is 8. The minimum atomic E-state index is -1.29. The first-order valence-corrected chi connectivity index (χ1v) is 18.7. The Labute approximate surface area is 347 Å². The van der Waals surface area contributed by atoms with Gasteiger partial charge in [-0.1, -0.05) is 6.07 Å². The third-order valence-electron chi connectivity index (χ3n) is 10.2. The predicted octanol–water partition coefficient (Wildman–Crippen LogP) is 6.62. The summed E-state index contributed by atoms with van der Waals surface area (Å²) in [6.07, 6.45) is -5.94. The van der Waals surface area contributed by atoms with Gasteiger partial charge in [-0.05, 0) is 36.4 Å². The Hall–Kier alpha value is -6.71. The summed E-state index contributed by atoms with van der Waals surface area (Å²) in [6.45, 7) is 3.78. The van der Waals surface area contributed by atoms with Crippen LogP contribution in [0.1, 0.15) is 72.8 Å². The number of rotatable bonds is 14. The van der Waals surface area contributed by atoms with Crippen molar-refractivity contribution in [2.75, 3.05) is 56.9 Å². The number of carbonyl (C=O) groups is 3. The van der Waals surface area contributed by atoms with Crippen LogP contribution in [-0.2, 0) is 28.6 Å². The largest absolute Gasteiger partial charge is 0.497 e. The third kappa shape index (κ3) is 8.01. The molecule has 0 spiro atoms. The van der Waals surface area contributed by atoms with Crippen LogP contribution in [0.5, 0.6) is 57.5 Å². The Morgan fingerprint density at radius 3 is 1.45 bits per heavy atom. The number of hydrogen-bond donors (Lipinski definition) is 0. The topological polar surface area (TPSA) is 171 Å². The van der Waals surface area contributed by atoms with Crippen LogP contribution >= 0.6 is 0 Å². The fraction of sp³-hybridized carbons (Fsp3) is 0.386. The molecule has 6 rings (SSSR count). The minimum Gasteiger partial charge on any atom is -0.497 e. The Bertz CT molecular complexity index is 2230. The number of hydrogen-bond acceptors (Lipinski definition) is 16. The smallest absolute Gasteiger partial charge is 0.303 e. The van der Waals surface area contributed by atoms with Crippen LogP contribution in [0, 0.1) is 0 Å². The average molecular weight is 833 g/mol. The van der Waals surface area contributed by atoms with Crippen molar-refractivity contribution in [2.45, 2.75) is 57.2 Å². The van der Waals surface area contributed by atoms with Gasteiger partial charge in [-0.15, -0.1) is 0 Å². The highest BCUT2D eigenvalue weighted by Gasteiger charge is 2.51. The van der Waals surface area contributed by atoms with E-state index in [-0.39, 0.29) is 23.0 Å². The Kier molecular flexibility index (Phi) is 12.9. The third-order valence-corrected chi connectivity index (χ3v) is 10.2. The molecule has 16 heteroatoms. The lowest BCUT2D eigenvalue weighted by Gasteiger charge is -2.43. The summed E-state index contributed by atoms with van der Waals surface area (Å²) in [6, 6.07) is 15.3. The van der Waals surface area contributed by atoms with Gasteiger partial charge in [0.1, 0.15) is 23.0 Å². The van der Waals surface area contributed by atoms with Gasteiger partial charge in [0.25, 0.3) is 0 Å². The first-order valence-electron chi connectivity index (χ1n) is 18.7. The lowest BCUT2D eigenvalue weighted by molar-refractivity contribution is -0.178. The molecule has 0 saturated heterocycles. The van der Waals surface area contributed by atoms with Crippen molar-refractivity contribution in [3.8, 4) is 57.5 Å². The maximum atomic E-state index is 13.3. The maximum Gasteiger partial charge on any atom is 0.303 e. The van der Waals surface area contributed by atoms with E-state index in [9.17, 15) is 14.4 Å². The van der Waals surface area contributed by atoms with Gasteiger partial charge in [0.15, 0.2) is 53.5 Å². The van der Waals surface area contributed by atoms with Crippen LogP contribution < -0.4 is 47.4 Å². The molecule has 0 bridgehead atoms. The highest BCUT2D eigenvalue weighted by Crippen LogP contribution is 2.58. The second-order valence-corrected chi connectivity index (χ2v) is 13.6. The lowest BCUT2D eigenvalue weighted by Crippen LogP contribution is -2.42. The molecule has 0 amide bonds. The van der Waals surface area contributed by atoms with Crippen molar-refractivity contribution in [3.63, 3.8) is 0 Å². The Balaban J connectivity index is 1.74. The normalized spacial score (nSPS) is 20.1. The van der Waals surface area contributed by atoms with Crippen LogP contribution in [0.2, 0.25) is 0 Å². The zero-order valence-electron chi connectivity index (χ0n) is 35.2. The SMILES string of the molecule is COc1ccc2c(c1)OC(c1cc(OC)c(OC)c(OC)c1C1c3ccc(OC)cc3OC(c3cc(OC)c(OC)c(OC)c3)C1OC(C)=O)C(OC(C)=O)C2OC(C)=O. The molecule has 60 heavy (non-hydrogen) atoms. The second-order valence-electron chi connectivity index (χ2n) is 13.6. The van der Waals surface area contributed by atoms with E-state index in [1.54, 1.807) is 54.6 Å². The van der Waals surface area contributed by atoms with Gasteiger partial charge in [0.2, 0.25) is 11.5 Å². The van der Waals surface area contributed by atoms with E-state index in [0.29, 0.717) is 62.3 Å². The van der Waals surface area contributed by atoms with E-state index in [2.05, 4.69) is 0 Å². The van der Waals surface area contributed by atoms with Crippen LogP contribution in [0.25, 0.3) is 0 Å². The molecule has 0 aliphatic carbocycles. The molecule has 16 nitrogen and oxygen atoms in total. The monoisotopic (exact) mass is 832 g/mol. The van der Waals surface area contributed by atoms with Crippen LogP contribution in [0.4, 0.5) is 0 Å². The fourth-order valence-corrected chi connectivity index (χ4v) is 7.86. The molecule has 2 heterocycles. The van der Waals surface area contributed by atoms with Gasteiger partial charge in [-0.3, -0.25) is 14.4 Å². The second kappa shape index (κ2) is 18.1. The molecule has 4 aromatic carbocycles. The van der Waals surface area contributed by atoms with Gasteiger partial charge in [0.05, 0.1) is 62.8 Å². The number of benzene rings is 4. The summed E-state index contributed by atoms with van der Waals surface area (Å²) in [7, 11) is 11.8. The summed E-state index contributed by atoms with van der Waals surface area (Å²) in [4.78, 5) is 39.1. The predicted molar refractivity (Wildman–Crippen MR) is 212 cm³/mol. The highest BCUT2D eigenvalue weighted by molar-refractivity contribution is 5.71. The number of ether oxygens (including phenoxy) is 13. The van der Waals surface area contributed by atoms with Crippen molar-refractivity contribution in [2.24, 2.45) is 0 Å². The molecule has 0 radical (unpaired) electrons. The lowest BCUT2D eigenvalue weighted by atomic mass is 9.75. The minimum absolute atomic E-state index is 0.159. The van der Waals surface area contributed by atoms with E-state index >= 15 is 0 Å². The number of fused-ring (bicyclic) bond motifs is 2. The molecular formula is C44H48O16. The first kappa shape index (κ1) is 42.9. The van der Waals surface area contributed by atoms with Gasteiger partial charge in [0, 0.05) is 60.7 Å². The summed E-state index contributed by atoms with van der Waals surface area (Å²) in [5, 5.41) is 0. The van der Waals surface area contributed by atoms with Crippen molar-refractivity contribution in [1.29, 1.82) is 0 Å². The van der Waals surface area contributed by atoms with E-state index in [4.69, 9.17) is 61.6 Å². The van der Waals surface area contributed by atoms with Crippen LogP contribution in [0.15, 0.2) is 54.6 Å². The van der Waals surface area contributed by atoms with Gasteiger partial charge in [-0.25, -0.2) is 0 Å². The van der Waals surface area contributed by atoms with Crippen molar-refractivity contribution >= 4 is 17.9 Å². The van der Waals surface area contributed by atoms with E-state index in [1.807, 2.05) is 0 Å². The molecule has 0 N–H and O–H groups in total. The molecule has 0 aromatic heterocycles. The Morgan fingerprint density at radius 2 is 0.950 bits per heavy atom. The zero-order valence-corrected chi connectivity index (χ0v) is 35.2. The molecule has 6 atom stereocenters.